The summed E-state index contributed by atoms with van der Waals surface area (Å²) in [7, 11) is 0. The largest absolute Gasteiger partial charge is 0.396 e. The lowest BCUT2D eigenvalue weighted by atomic mass is 9.47. The zero-order valence-corrected chi connectivity index (χ0v) is 22.2. The molecule has 0 spiro atoms. The van der Waals surface area contributed by atoms with Crippen molar-refractivity contribution in [3.8, 4) is 0 Å². The minimum Gasteiger partial charge on any atom is -0.396 e. The van der Waals surface area contributed by atoms with Gasteiger partial charge in [0.15, 0.2) is 5.13 Å². The van der Waals surface area contributed by atoms with Crippen molar-refractivity contribution in [2.45, 2.75) is 65.4 Å². The minimum atomic E-state index is -0.664. The molecule has 1 aromatic heterocycles. The third-order valence-electron chi connectivity index (χ3n) is 8.90. The number of urea groups is 1. The van der Waals surface area contributed by atoms with Crippen LogP contribution in [-0.4, -0.2) is 89.0 Å². The molecule has 2 heterocycles. The third kappa shape index (κ3) is 4.70. The molecule has 9 nitrogen and oxygen atoms in total. The monoisotopic (exact) mass is 508 g/mol. The van der Waals surface area contributed by atoms with Crippen molar-refractivity contribution >= 4 is 28.4 Å². The van der Waals surface area contributed by atoms with Gasteiger partial charge in [0.1, 0.15) is 0 Å². The zero-order valence-electron chi connectivity index (χ0n) is 21.4. The van der Waals surface area contributed by atoms with Gasteiger partial charge in [-0.1, -0.05) is 13.8 Å². The van der Waals surface area contributed by atoms with E-state index in [2.05, 4.69) is 12.2 Å². The first-order chi connectivity index (χ1) is 16.7. The average Bonchev–Trinajstić information content (AvgIpc) is 3.26. The van der Waals surface area contributed by atoms with E-state index in [1.54, 1.807) is 4.90 Å². The van der Waals surface area contributed by atoms with Gasteiger partial charge in [-0.15, -0.1) is 11.3 Å². The fourth-order valence-electron chi connectivity index (χ4n) is 6.52. The van der Waals surface area contributed by atoms with Gasteiger partial charge in [-0.2, -0.15) is 0 Å². The number of fused-ring (bicyclic) bond motifs is 2. The highest BCUT2D eigenvalue weighted by Gasteiger charge is 2.59. The van der Waals surface area contributed by atoms with Crippen molar-refractivity contribution in [2.24, 2.45) is 16.7 Å². The maximum absolute atomic E-state index is 13.3. The summed E-state index contributed by atoms with van der Waals surface area (Å²) in [6, 6.07) is -0.186. The lowest BCUT2D eigenvalue weighted by Crippen LogP contribution is -2.57. The zero-order chi connectivity index (χ0) is 25.4. The van der Waals surface area contributed by atoms with E-state index in [1.807, 2.05) is 25.7 Å². The molecule has 3 amide bonds. The van der Waals surface area contributed by atoms with E-state index >= 15 is 0 Å². The van der Waals surface area contributed by atoms with Crippen LogP contribution in [0.3, 0.4) is 0 Å². The van der Waals surface area contributed by atoms with Crippen LogP contribution < -0.4 is 5.32 Å². The fourth-order valence-corrected chi connectivity index (χ4v) is 7.57. The van der Waals surface area contributed by atoms with Crippen molar-refractivity contribution in [3.63, 3.8) is 0 Å². The molecule has 1 saturated carbocycles. The van der Waals surface area contributed by atoms with Gasteiger partial charge in [-0.05, 0) is 44.4 Å². The molecule has 1 aromatic rings. The highest BCUT2D eigenvalue weighted by atomic mass is 32.1. The first-order valence-electron chi connectivity index (χ1n) is 12.9. The number of aliphatic hydroxyl groups is 2. The van der Waals surface area contributed by atoms with E-state index < -0.39 is 11.5 Å². The van der Waals surface area contributed by atoms with Crippen molar-refractivity contribution in [2.75, 3.05) is 51.3 Å². The SMILES string of the molecule is CCN(CC)C(=O)C[C@H]1c2nc(NC(=O)N3CCOCC3)sc2C[C@H]2[C@](C)(CO)[C@H](O)CC[C@]21C. The van der Waals surface area contributed by atoms with Gasteiger partial charge in [-0.25, -0.2) is 9.78 Å². The maximum Gasteiger partial charge on any atom is 0.323 e. The quantitative estimate of drug-likeness (QED) is 0.544. The molecule has 2 fully saturated rings. The maximum atomic E-state index is 13.3. The smallest absolute Gasteiger partial charge is 0.323 e. The Hall–Kier alpha value is -1.75. The second-order valence-electron chi connectivity index (χ2n) is 10.7. The van der Waals surface area contributed by atoms with E-state index in [-0.39, 0.29) is 35.8 Å². The van der Waals surface area contributed by atoms with E-state index in [4.69, 9.17) is 9.72 Å². The molecule has 0 unspecified atom stereocenters. The minimum absolute atomic E-state index is 0.00556. The number of amides is 3. The first kappa shape index (κ1) is 26.3. The normalized spacial score (nSPS) is 32.5. The molecule has 1 aliphatic heterocycles. The number of morpholine rings is 1. The predicted molar refractivity (Wildman–Crippen MR) is 135 cm³/mol. The number of aromatic nitrogens is 1. The number of ether oxygens (including phenoxy) is 1. The lowest BCUT2D eigenvalue weighted by Gasteiger charge is -2.58. The molecular weight excluding hydrogens is 468 g/mol. The molecule has 1 saturated heterocycles. The summed E-state index contributed by atoms with van der Waals surface area (Å²) >= 11 is 1.46. The van der Waals surface area contributed by atoms with Crippen molar-refractivity contribution < 1.29 is 24.5 Å². The Balaban J connectivity index is 1.69. The fraction of sp³-hybridized carbons (Fsp3) is 0.800. The second kappa shape index (κ2) is 10.3. The Kier molecular flexibility index (Phi) is 7.76. The first-order valence-corrected chi connectivity index (χ1v) is 13.7. The van der Waals surface area contributed by atoms with Gasteiger partial charge in [0.05, 0.1) is 31.6 Å². The van der Waals surface area contributed by atoms with Crippen LogP contribution in [0.1, 0.15) is 63.4 Å². The number of nitrogens with one attached hydrogen (secondary N) is 1. The van der Waals surface area contributed by atoms with Crippen LogP contribution >= 0.6 is 11.3 Å². The van der Waals surface area contributed by atoms with Gasteiger partial charge in [0.25, 0.3) is 0 Å². The molecule has 4 rings (SSSR count). The Morgan fingerprint density at radius 1 is 1.26 bits per heavy atom. The molecule has 5 atom stereocenters. The van der Waals surface area contributed by atoms with Crippen LogP contribution in [0.2, 0.25) is 0 Å². The van der Waals surface area contributed by atoms with Gasteiger partial charge < -0.3 is 24.7 Å². The molecule has 35 heavy (non-hydrogen) atoms. The molecule has 3 aliphatic rings. The Morgan fingerprint density at radius 2 is 1.94 bits per heavy atom. The summed E-state index contributed by atoms with van der Waals surface area (Å²) < 4.78 is 5.35. The standard InChI is InChI=1S/C25H40N4O5S/c1-5-28(6-2)20(32)13-16-21-17(14-18-24(16,3)8-7-19(31)25(18,4)15-30)35-22(26-21)27-23(33)29-9-11-34-12-10-29/h16,18-19,30-31H,5-15H2,1-4H3,(H,26,27,33)/t16-,18+,19+,24-,25-/m0/s1. The topological polar surface area (TPSA) is 115 Å². The van der Waals surface area contributed by atoms with Crippen LogP contribution in [0.25, 0.3) is 0 Å². The molecule has 0 radical (unpaired) electrons. The van der Waals surface area contributed by atoms with Crippen molar-refractivity contribution in [1.82, 2.24) is 14.8 Å². The van der Waals surface area contributed by atoms with Crippen LogP contribution in [-0.2, 0) is 16.0 Å². The molecule has 196 valence electrons. The van der Waals surface area contributed by atoms with Crippen LogP contribution in [0.5, 0.6) is 0 Å². The summed E-state index contributed by atoms with van der Waals surface area (Å²) in [6.07, 6.45) is 1.75. The number of aliphatic hydroxyl groups excluding tert-OH is 2. The summed E-state index contributed by atoms with van der Waals surface area (Å²) in [5.74, 6) is -0.0569. The number of anilines is 1. The Bertz CT molecular complexity index is 931. The second-order valence-corrected chi connectivity index (χ2v) is 11.7. The summed E-state index contributed by atoms with van der Waals surface area (Å²) in [5, 5.41) is 24.8. The predicted octanol–water partition coefficient (Wildman–Crippen LogP) is 2.68. The third-order valence-corrected chi connectivity index (χ3v) is 9.91. The summed E-state index contributed by atoms with van der Waals surface area (Å²) in [4.78, 5) is 35.6. The highest BCUT2D eigenvalue weighted by Crippen LogP contribution is 2.62. The van der Waals surface area contributed by atoms with E-state index in [9.17, 15) is 19.8 Å². The van der Waals surface area contributed by atoms with Crippen LogP contribution in [0.15, 0.2) is 0 Å². The number of rotatable bonds is 6. The van der Waals surface area contributed by atoms with Crippen LogP contribution in [0.4, 0.5) is 9.93 Å². The molecule has 3 N–H and O–H groups in total. The average molecular weight is 509 g/mol. The summed E-state index contributed by atoms with van der Waals surface area (Å²) in [5.41, 5.74) is -0.0720. The number of hydrogen-bond acceptors (Lipinski definition) is 7. The van der Waals surface area contributed by atoms with Crippen LogP contribution in [0, 0.1) is 16.7 Å². The highest BCUT2D eigenvalue weighted by molar-refractivity contribution is 7.15. The number of carbonyl (C=O) groups is 2. The molecular formula is C25H40N4O5S. The molecule has 0 bridgehead atoms. The number of carbonyl (C=O) groups excluding carboxylic acids is 2. The molecule has 10 heteroatoms. The van der Waals surface area contributed by atoms with Gasteiger partial charge in [-0.3, -0.25) is 10.1 Å². The van der Waals surface area contributed by atoms with Gasteiger partial charge in [0.2, 0.25) is 5.91 Å². The van der Waals surface area contributed by atoms with E-state index in [0.717, 1.165) is 17.0 Å². The van der Waals surface area contributed by atoms with E-state index in [0.29, 0.717) is 63.8 Å². The van der Waals surface area contributed by atoms with Gasteiger partial charge in [0, 0.05) is 48.8 Å². The number of thiazole rings is 1. The molecule has 0 aromatic carbocycles. The number of hydrogen-bond donors (Lipinski definition) is 3. The van der Waals surface area contributed by atoms with Crippen molar-refractivity contribution in [1.29, 1.82) is 0 Å². The Morgan fingerprint density at radius 3 is 2.57 bits per heavy atom. The van der Waals surface area contributed by atoms with Gasteiger partial charge >= 0.3 is 6.03 Å². The molecule has 2 aliphatic carbocycles. The van der Waals surface area contributed by atoms with E-state index in [1.165, 1.54) is 11.3 Å². The lowest BCUT2D eigenvalue weighted by molar-refractivity contribution is -0.147. The number of nitrogens with zero attached hydrogens (tertiary/aromatic N) is 3. The summed E-state index contributed by atoms with van der Waals surface area (Å²) in [6.45, 7) is 11.5. The van der Waals surface area contributed by atoms with Crippen molar-refractivity contribution in [3.05, 3.63) is 10.6 Å². The Labute approximate surface area is 211 Å².